The van der Waals surface area contributed by atoms with Gasteiger partial charge in [0, 0.05) is 39.0 Å². The Morgan fingerprint density at radius 1 is 1.27 bits per heavy atom. The molecule has 1 aromatic carbocycles. The predicted octanol–water partition coefficient (Wildman–Crippen LogP) is 4.52. The molecule has 0 bridgehead atoms. The van der Waals surface area contributed by atoms with Gasteiger partial charge < -0.3 is 25.8 Å². The molecule has 1 saturated heterocycles. The topological polar surface area (TPSA) is 115 Å². The summed E-state index contributed by atoms with van der Waals surface area (Å²) < 4.78 is 46.2. The van der Waals surface area contributed by atoms with Gasteiger partial charge in [-0.15, -0.1) is 0 Å². The molecule has 1 aromatic rings. The Morgan fingerprint density at radius 2 is 1.90 bits per heavy atom. The van der Waals surface area contributed by atoms with E-state index in [1.165, 1.54) is 6.92 Å². The normalized spacial score (nSPS) is 19.8. The van der Waals surface area contributed by atoms with Crippen molar-refractivity contribution in [1.29, 1.82) is 5.41 Å². The van der Waals surface area contributed by atoms with Crippen LogP contribution >= 0.6 is 0 Å². The number of hydrogen-bond acceptors (Lipinski definition) is 7. The quantitative estimate of drug-likeness (QED) is 0.218. The molecule has 1 heterocycles. The third-order valence-electron chi connectivity index (χ3n) is 7.06. The number of allylic oxidation sites excluding steroid dienone is 2. The van der Waals surface area contributed by atoms with E-state index < -0.39 is 41.2 Å². The molecule has 0 aromatic heterocycles. The van der Waals surface area contributed by atoms with Crippen LogP contribution in [0.2, 0.25) is 0 Å². The highest BCUT2D eigenvalue weighted by Crippen LogP contribution is 2.28. The summed E-state index contributed by atoms with van der Waals surface area (Å²) in [5.41, 5.74) is 4.87. The lowest BCUT2D eigenvalue weighted by atomic mass is 9.95. The van der Waals surface area contributed by atoms with Crippen LogP contribution in [0.4, 0.5) is 13.2 Å². The van der Waals surface area contributed by atoms with Gasteiger partial charge in [-0.25, -0.2) is 0 Å². The molecule has 1 aliphatic heterocycles. The largest absolute Gasteiger partial charge is 0.463 e. The van der Waals surface area contributed by atoms with Crippen LogP contribution in [-0.2, 0) is 4.79 Å². The smallest absolute Gasteiger partial charge is 0.418 e. The summed E-state index contributed by atoms with van der Waals surface area (Å²) in [5, 5.41) is 21.8. The minimum Gasteiger partial charge on any atom is -0.463 e. The number of nitrogens with zero attached hydrogens (tertiary/aromatic N) is 2. The van der Waals surface area contributed by atoms with E-state index in [9.17, 15) is 23.1 Å². The van der Waals surface area contributed by atoms with Gasteiger partial charge in [-0.05, 0) is 50.1 Å². The lowest BCUT2D eigenvalue weighted by Gasteiger charge is -2.45. The van der Waals surface area contributed by atoms with Gasteiger partial charge in [0.2, 0.25) is 5.79 Å². The Bertz CT molecular complexity index is 1070. The summed E-state index contributed by atoms with van der Waals surface area (Å²) in [5.74, 6) is -1.68. The number of ether oxygens (including phenoxy) is 1. The van der Waals surface area contributed by atoms with Gasteiger partial charge in [-0.2, -0.15) is 13.2 Å². The van der Waals surface area contributed by atoms with Gasteiger partial charge in [0.05, 0.1) is 17.4 Å². The Kier molecular flexibility index (Phi) is 11.6. The Hall–Kier alpha value is -3.05. The first kappa shape index (κ1) is 33.2. The highest BCUT2D eigenvalue weighted by molar-refractivity contribution is 6.44. The molecule has 0 spiro atoms. The van der Waals surface area contributed by atoms with Crippen molar-refractivity contribution in [3.63, 3.8) is 0 Å². The number of carbonyl (C=O) groups is 1. The molecule has 224 valence electrons. The molecule has 2 rings (SSSR count). The maximum Gasteiger partial charge on any atom is 0.418 e. The van der Waals surface area contributed by atoms with Crippen LogP contribution in [-0.4, -0.2) is 77.3 Å². The van der Waals surface area contributed by atoms with Crippen molar-refractivity contribution in [2.24, 2.45) is 5.73 Å². The minimum atomic E-state index is -4.85. The highest BCUT2D eigenvalue weighted by Gasteiger charge is 2.41. The predicted molar refractivity (Wildman–Crippen MR) is 151 cm³/mol. The molecule has 11 heteroatoms. The highest BCUT2D eigenvalue weighted by atomic mass is 19.4. The second kappa shape index (κ2) is 14.0. The standard InChI is InChI=1S/C29H44F3N5O3/c1-7-9-10-25(33)37-16-15-36(6)24(18-37)23(35-27(38)26(34)22(8-2)29(30,31)32)17-28(5,39)40-21-13-11-20(12-14-21)19(3)4/h8,10-14,19,23-24,34,39H,7,9,15-18,33H2,1-6H3,(H,35,38)/b22-8+,25-10+,34-26?. The van der Waals surface area contributed by atoms with Gasteiger partial charge in [0.15, 0.2) is 0 Å². The van der Waals surface area contributed by atoms with Crippen LogP contribution < -0.4 is 15.8 Å². The third-order valence-corrected chi connectivity index (χ3v) is 7.06. The van der Waals surface area contributed by atoms with Crippen LogP contribution in [0, 0.1) is 5.41 Å². The number of rotatable bonds is 12. The lowest BCUT2D eigenvalue weighted by Crippen LogP contribution is -2.62. The van der Waals surface area contributed by atoms with Crippen molar-refractivity contribution in [3.05, 3.63) is 53.4 Å². The van der Waals surface area contributed by atoms with E-state index in [0.29, 0.717) is 43.2 Å². The van der Waals surface area contributed by atoms with Crippen LogP contribution in [0.25, 0.3) is 0 Å². The van der Waals surface area contributed by atoms with Crippen LogP contribution in [0.3, 0.4) is 0 Å². The van der Waals surface area contributed by atoms with Crippen molar-refractivity contribution in [2.45, 2.75) is 83.8 Å². The average Bonchev–Trinajstić information content (AvgIpc) is 2.86. The lowest BCUT2D eigenvalue weighted by molar-refractivity contribution is -0.139. The molecule has 3 unspecified atom stereocenters. The summed E-state index contributed by atoms with van der Waals surface area (Å²) >= 11 is 0. The average molecular weight is 568 g/mol. The van der Waals surface area contributed by atoms with Gasteiger partial charge in [-0.1, -0.05) is 45.4 Å². The van der Waals surface area contributed by atoms with E-state index in [-0.39, 0.29) is 6.42 Å². The Balaban J connectivity index is 2.36. The molecule has 8 nitrogen and oxygen atoms in total. The fraction of sp³-hybridized carbons (Fsp3) is 0.586. The second-order valence-corrected chi connectivity index (χ2v) is 10.8. The number of likely N-dealkylation sites (N-methyl/N-ethyl adjacent to an activating group) is 1. The number of aliphatic hydroxyl groups is 1. The van der Waals surface area contributed by atoms with E-state index in [2.05, 4.69) is 19.2 Å². The molecule has 0 radical (unpaired) electrons. The van der Waals surface area contributed by atoms with Crippen molar-refractivity contribution >= 4 is 11.6 Å². The first-order chi connectivity index (χ1) is 18.6. The Labute approximate surface area is 235 Å². The number of alkyl halides is 3. The summed E-state index contributed by atoms with van der Waals surface area (Å²) in [6.07, 6.45) is -0.674. The van der Waals surface area contributed by atoms with Gasteiger partial charge in [0.25, 0.3) is 5.91 Å². The molecule has 1 fully saturated rings. The zero-order valence-electron chi connectivity index (χ0n) is 24.3. The first-order valence-electron chi connectivity index (χ1n) is 13.6. The molecule has 40 heavy (non-hydrogen) atoms. The van der Waals surface area contributed by atoms with Crippen molar-refractivity contribution in [2.75, 3.05) is 26.7 Å². The van der Waals surface area contributed by atoms with E-state index >= 15 is 0 Å². The van der Waals surface area contributed by atoms with Crippen molar-refractivity contribution in [1.82, 2.24) is 15.1 Å². The maximum absolute atomic E-state index is 13.4. The van der Waals surface area contributed by atoms with Crippen molar-refractivity contribution in [3.8, 4) is 5.75 Å². The summed E-state index contributed by atoms with van der Waals surface area (Å²) in [7, 11) is 1.84. The van der Waals surface area contributed by atoms with E-state index in [1.54, 1.807) is 12.1 Å². The number of benzene rings is 1. The number of piperazine rings is 1. The fourth-order valence-electron chi connectivity index (χ4n) is 4.71. The van der Waals surface area contributed by atoms with Gasteiger partial charge >= 0.3 is 6.18 Å². The summed E-state index contributed by atoms with van der Waals surface area (Å²) in [6, 6.07) is 5.94. The number of halogens is 3. The molecule has 3 atom stereocenters. The molecular formula is C29H44F3N5O3. The molecule has 1 amide bonds. The van der Waals surface area contributed by atoms with Crippen LogP contribution in [0.1, 0.15) is 65.4 Å². The molecule has 0 aliphatic carbocycles. The van der Waals surface area contributed by atoms with Crippen LogP contribution in [0.5, 0.6) is 5.75 Å². The number of amides is 1. The summed E-state index contributed by atoms with van der Waals surface area (Å²) in [4.78, 5) is 16.9. The molecule has 5 N–H and O–H groups in total. The van der Waals surface area contributed by atoms with Gasteiger partial charge in [0.1, 0.15) is 11.5 Å². The fourth-order valence-corrected chi connectivity index (χ4v) is 4.71. The Morgan fingerprint density at radius 3 is 2.42 bits per heavy atom. The number of carbonyl (C=O) groups excluding carboxylic acids is 1. The van der Waals surface area contributed by atoms with Crippen LogP contribution in [0.15, 0.2) is 47.8 Å². The van der Waals surface area contributed by atoms with E-state index in [1.807, 2.05) is 42.0 Å². The third kappa shape index (κ3) is 9.26. The van der Waals surface area contributed by atoms with E-state index in [4.69, 9.17) is 15.9 Å². The van der Waals surface area contributed by atoms with Gasteiger partial charge in [-0.3, -0.25) is 15.1 Å². The van der Waals surface area contributed by atoms with E-state index in [0.717, 1.165) is 25.3 Å². The number of nitrogens with two attached hydrogens (primary N) is 1. The number of nitrogens with one attached hydrogen (secondary N) is 2. The zero-order chi connectivity index (χ0) is 30.3. The number of unbranched alkanes of at least 4 members (excludes halogenated alkanes) is 1. The van der Waals surface area contributed by atoms with Crippen molar-refractivity contribution < 1.29 is 27.8 Å². The zero-order valence-corrected chi connectivity index (χ0v) is 24.3. The SMILES string of the molecule is C/C=C(\C(=N)C(=O)NC(CC(C)(O)Oc1ccc(C(C)C)cc1)C1CN(/C(N)=C/CCC)CCN1C)C(F)(F)F. The second-order valence-electron chi connectivity index (χ2n) is 10.8. The molecule has 0 saturated carbocycles. The maximum atomic E-state index is 13.4. The number of hydrogen-bond donors (Lipinski definition) is 4. The molecular weight excluding hydrogens is 523 g/mol. The molecule has 1 aliphatic rings. The minimum absolute atomic E-state index is 0.156. The monoisotopic (exact) mass is 567 g/mol. The first-order valence-corrected chi connectivity index (χ1v) is 13.6. The summed E-state index contributed by atoms with van der Waals surface area (Å²) in [6.45, 7) is 10.3.